The third-order valence-electron chi connectivity index (χ3n) is 2.84. The third kappa shape index (κ3) is 1.90. The van der Waals surface area contributed by atoms with Crippen LogP contribution in [-0.4, -0.2) is 14.7 Å². The predicted molar refractivity (Wildman–Crippen MR) is 64.4 cm³/mol. The Hall–Kier alpha value is -2.51. The molecule has 6 nitrogen and oxygen atoms in total. The van der Waals surface area contributed by atoms with Crippen molar-refractivity contribution in [2.75, 3.05) is 5.73 Å². The molecule has 0 saturated carbocycles. The standard InChI is InChI=1S/C11H10F2N4O2/c1-5-10(15-16(2)11(5)14)8-6(12)3-4-7(9(8)13)17(18)19/h3-4H,14H2,1-2H3. The van der Waals surface area contributed by atoms with E-state index in [2.05, 4.69) is 5.10 Å². The van der Waals surface area contributed by atoms with E-state index in [4.69, 9.17) is 5.73 Å². The molecule has 1 aromatic carbocycles. The maximum atomic E-state index is 14.0. The molecule has 0 amide bonds. The van der Waals surface area contributed by atoms with Crippen molar-refractivity contribution in [1.29, 1.82) is 0 Å². The predicted octanol–water partition coefficient (Wildman–Crippen LogP) is 2.16. The summed E-state index contributed by atoms with van der Waals surface area (Å²) >= 11 is 0. The summed E-state index contributed by atoms with van der Waals surface area (Å²) in [6.07, 6.45) is 0. The molecule has 8 heteroatoms. The average Bonchev–Trinajstić information content (AvgIpc) is 2.57. The number of benzene rings is 1. The topological polar surface area (TPSA) is 87.0 Å². The van der Waals surface area contributed by atoms with Crippen molar-refractivity contribution in [1.82, 2.24) is 9.78 Å². The first kappa shape index (κ1) is 12.9. The number of anilines is 1. The van der Waals surface area contributed by atoms with Crippen molar-refractivity contribution in [3.63, 3.8) is 0 Å². The number of nitro benzene ring substituents is 1. The third-order valence-corrected chi connectivity index (χ3v) is 2.84. The van der Waals surface area contributed by atoms with Crippen LogP contribution in [0.1, 0.15) is 5.56 Å². The lowest BCUT2D eigenvalue weighted by molar-refractivity contribution is -0.387. The number of rotatable bonds is 2. The van der Waals surface area contributed by atoms with Gasteiger partial charge in [0, 0.05) is 18.7 Å². The van der Waals surface area contributed by atoms with Crippen LogP contribution in [0.2, 0.25) is 0 Å². The number of hydrogen-bond acceptors (Lipinski definition) is 4. The lowest BCUT2D eigenvalue weighted by atomic mass is 10.1. The highest BCUT2D eigenvalue weighted by Crippen LogP contribution is 2.34. The summed E-state index contributed by atoms with van der Waals surface area (Å²) in [6.45, 7) is 1.54. The second-order valence-corrected chi connectivity index (χ2v) is 4.00. The molecule has 2 rings (SSSR count). The molecule has 0 aliphatic rings. The highest BCUT2D eigenvalue weighted by molar-refractivity contribution is 5.71. The van der Waals surface area contributed by atoms with Crippen LogP contribution in [0.4, 0.5) is 20.3 Å². The fourth-order valence-electron chi connectivity index (χ4n) is 1.78. The average molecular weight is 268 g/mol. The monoisotopic (exact) mass is 268 g/mol. The molecule has 1 aromatic heterocycles. The van der Waals surface area contributed by atoms with E-state index < -0.39 is 27.8 Å². The van der Waals surface area contributed by atoms with Gasteiger partial charge in [0.25, 0.3) is 0 Å². The van der Waals surface area contributed by atoms with Gasteiger partial charge in [-0.05, 0) is 13.0 Å². The Morgan fingerprint density at radius 2 is 2.05 bits per heavy atom. The summed E-state index contributed by atoms with van der Waals surface area (Å²) in [6, 6.07) is 1.61. The minimum Gasteiger partial charge on any atom is -0.384 e. The molecular weight excluding hydrogens is 258 g/mol. The smallest absolute Gasteiger partial charge is 0.305 e. The molecule has 0 aliphatic carbocycles. The van der Waals surface area contributed by atoms with E-state index >= 15 is 0 Å². The maximum Gasteiger partial charge on any atom is 0.305 e. The van der Waals surface area contributed by atoms with E-state index in [-0.39, 0.29) is 11.5 Å². The van der Waals surface area contributed by atoms with Gasteiger partial charge in [0.15, 0.2) is 0 Å². The Balaban J connectivity index is 2.78. The molecule has 19 heavy (non-hydrogen) atoms. The molecule has 1 heterocycles. The molecule has 0 aliphatic heterocycles. The second-order valence-electron chi connectivity index (χ2n) is 4.00. The van der Waals surface area contributed by atoms with Gasteiger partial charge in [0.05, 0.1) is 10.5 Å². The summed E-state index contributed by atoms with van der Waals surface area (Å²) in [4.78, 5) is 9.75. The molecule has 0 saturated heterocycles. The molecule has 0 unspecified atom stereocenters. The minimum absolute atomic E-state index is 0.0429. The summed E-state index contributed by atoms with van der Waals surface area (Å²) in [7, 11) is 1.51. The number of halogens is 2. The van der Waals surface area contributed by atoms with Crippen LogP contribution in [-0.2, 0) is 7.05 Å². The van der Waals surface area contributed by atoms with Crippen LogP contribution in [0, 0.1) is 28.7 Å². The number of nitrogens with two attached hydrogens (primary N) is 1. The highest BCUT2D eigenvalue weighted by atomic mass is 19.1. The first-order valence-corrected chi connectivity index (χ1v) is 5.26. The van der Waals surface area contributed by atoms with Crippen molar-refractivity contribution in [3.05, 3.63) is 39.4 Å². The van der Waals surface area contributed by atoms with E-state index in [1.165, 1.54) is 18.7 Å². The summed E-state index contributed by atoms with van der Waals surface area (Å²) in [5.74, 6) is -1.95. The minimum atomic E-state index is -1.26. The maximum absolute atomic E-state index is 14.0. The van der Waals surface area contributed by atoms with Gasteiger partial charge < -0.3 is 5.73 Å². The van der Waals surface area contributed by atoms with Gasteiger partial charge >= 0.3 is 5.69 Å². The largest absolute Gasteiger partial charge is 0.384 e. The molecule has 0 fully saturated rings. The van der Waals surface area contributed by atoms with Gasteiger partial charge in [0.2, 0.25) is 5.82 Å². The van der Waals surface area contributed by atoms with Gasteiger partial charge in [-0.2, -0.15) is 9.49 Å². The van der Waals surface area contributed by atoms with Crippen molar-refractivity contribution >= 4 is 11.5 Å². The molecule has 2 aromatic rings. The van der Waals surface area contributed by atoms with E-state index in [0.717, 1.165) is 12.1 Å². The number of aromatic nitrogens is 2. The van der Waals surface area contributed by atoms with Crippen molar-refractivity contribution < 1.29 is 13.7 Å². The molecule has 0 bridgehead atoms. The number of hydrogen-bond donors (Lipinski definition) is 1. The zero-order valence-corrected chi connectivity index (χ0v) is 10.1. The van der Waals surface area contributed by atoms with Crippen LogP contribution in [0.5, 0.6) is 0 Å². The van der Waals surface area contributed by atoms with Gasteiger partial charge in [-0.15, -0.1) is 0 Å². The van der Waals surface area contributed by atoms with Gasteiger partial charge in [-0.3, -0.25) is 14.8 Å². The Kier molecular flexibility index (Phi) is 2.93. The van der Waals surface area contributed by atoms with Gasteiger partial charge in [0.1, 0.15) is 17.3 Å². The molecule has 0 atom stereocenters. The summed E-state index contributed by atoms with van der Waals surface area (Å²) < 4.78 is 29.0. The first-order chi connectivity index (χ1) is 8.84. The van der Waals surface area contributed by atoms with Crippen molar-refractivity contribution in [2.45, 2.75) is 6.92 Å². The van der Waals surface area contributed by atoms with Crippen LogP contribution in [0.3, 0.4) is 0 Å². The number of nitrogen functional groups attached to an aromatic ring is 1. The Labute approximate surface area is 106 Å². The summed E-state index contributed by atoms with van der Waals surface area (Å²) in [5.41, 5.74) is 4.63. The Morgan fingerprint density at radius 3 is 2.53 bits per heavy atom. The second kappa shape index (κ2) is 4.30. The molecule has 0 spiro atoms. The molecule has 100 valence electrons. The number of nitrogens with zero attached hydrogens (tertiary/aromatic N) is 3. The number of nitro groups is 1. The lowest BCUT2D eigenvalue weighted by Gasteiger charge is -2.03. The van der Waals surface area contributed by atoms with E-state index in [9.17, 15) is 18.9 Å². The van der Waals surface area contributed by atoms with Crippen molar-refractivity contribution in [2.24, 2.45) is 7.05 Å². The SMILES string of the molecule is Cc1c(-c2c(F)ccc([N+](=O)[O-])c2F)nn(C)c1N. The van der Waals surface area contributed by atoms with E-state index in [0.29, 0.717) is 5.56 Å². The zero-order chi connectivity index (χ0) is 14.3. The van der Waals surface area contributed by atoms with E-state index in [1.54, 1.807) is 0 Å². The van der Waals surface area contributed by atoms with Crippen molar-refractivity contribution in [3.8, 4) is 11.3 Å². The molecule has 2 N–H and O–H groups in total. The van der Waals surface area contributed by atoms with Crippen LogP contribution in [0.25, 0.3) is 11.3 Å². The molecule has 0 radical (unpaired) electrons. The Morgan fingerprint density at radius 1 is 1.42 bits per heavy atom. The van der Waals surface area contributed by atoms with Gasteiger partial charge in [-0.25, -0.2) is 4.39 Å². The Bertz CT molecular complexity index is 682. The van der Waals surface area contributed by atoms with Crippen LogP contribution < -0.4 is 5.73 Å². The zero-order valence-electron chi connectivity index (χ0n) is 10.1. The van der Waals surface area contributed by atoms with Crippen LogP contribution >= 0.6 is 0 Å². The number of aryl methyl sites for hydroxylation is 1. The normalized spacial score (nSPS) is 10.7. The summed E-state index contributed by atoms with van der Waals surface area (Å²) in [5, 5.41) is 14.6. The quantitative estimate of drug-likeness (QED) is 0.667. The fraction of sp³-hybridized carbons (Fsp3) is 0.182. The fourth-order valence-corrected chi connectivity index (χ4v) is 1.78. The van der Waals surface area contributed by atoms with Crippen LogP contribution in [0.15, 0.2) is 12.1 Å². The lowest BCUT2D eigenvalue weighted by Crippen LogP contribution is -1.99. The van der Waals surface area contributed by atoms with Gasteiger partial charge in [-0.1, -0.05) is 0 Å². The molecular formula is C11H10F2N4O2. The highest BCUT2D eigenvalue weighted by Gasteiger charge is 2.26. The van der Waals surface area contributed by atoms with E-state index in [1.807, 2.05) is 0 Å². The first-order valence-electron chi connectivity index (χ1n) is 5.26.